The van der Waals surface area contributed by atoms with Gasteiger partial charge in [0, 0.05) is 5.56 Å². The van der Waals surface area contributed by atoms with Crippen molar-refractivity contribution >= 4 is 16.7 Å². The zero-order valence-corrected chi connectivity index (χ0v) is 15.5. The van der Waals surface area contributed by atoms with Gasteiger partial charge in [0.2, 0.25) is 0 Å². The molecule has 2 aromatic rings. The Balaban J connectivity index is 2.75. The van der Waals surface area contributed by atoms with Crippen molar-refractivity contribution in [2.24, 2.45) is 0 Å². The van der Waals surface area contributed by atoms with E-state index in [2.05, 4.69) is 4.74 Å². The van der Waals surface area contributed by atoms with Crippen LogP contribution in [0, 0.1) is 0 Å². The van der Waals surface area contributed by atoms with Crippen molar-refractivity contribution in [2.45, 2.75) is 36.2 Å². The molecule has 2 rings (SSSR count). The smallest absolute Gasteiger partial charge is 0.432 e. The summed E-state index contributed by atoms with van der Waals surface area (Å²) in [6.45, 7) is -2.35. The quantitative estimate of drug-likeness (QED) is 0.335. The maximum atomic E-state index is 13.5. The monoisotopic (exact) mass is 504 g/mol. The fourth-order valence-electron chi connectivity index (χ4n) is 3.09. The molecule has 0 aliphatic carbocycles. The molecule has 0 spiro atoms. The van der Waals surface area contributed by atoms with E-state index in [1.165, 1.54) is 0 Å². The SMILES string of the molecule is O=C(CF)OC(c1ccc2cc(C(C(F)(F)F)C(F)(F)F)ccc2c1)(C(F)(F)F)C(F)(F)F. The van der Waals surface area contributed by atoms with Gasteiger partial charge in [-0.1, -0.05) is 30.3 Å². The summed E-state index contributed by atoms with van der Waals surface area (Å²) in [4.78, 5) is 11.1. The number of carbonyl (C=O) groups excluding carboxylic acids is 1. The first-order chi connectivity index (χ1) is 14.8. The van der Waals surface area contributed by atoms with Crippen LogP contribution >= 0.6 is 0 Å². The summed E-state index contributed by atoms with van der Waals surface area (Å²) in [5.41, 5.74) is -8.51. The number of esters is 1. The van der Waals surface area contributed by atoms with Crippen molar-refractivity contribution in [1.29, 1.82) is 0 Å². The molecule has 0 bridgehead atoms. The minimum atomic E-state index is -6.37. The van der Waals surface area contributed by atoms with Crippen LogP contribution in [0.2, 0.25) is 0 Å². The molecule has 0 atom stereocenters. The lowest BCUT2D eigenvalue weighted by Gasteiger charge is -2.36. The molecule has 0 aromatic heterocycles. The highest BCUT2D eigenvalue weighted by Crippen LogP contribution is 2.53. The minimum absolute atomic E-state index is 0.0504. The number of hydrogen-bond donors (Lipinski definition) is 0. The summed E-state index contributed by atoms with van der Waals surface area (Å²) in [6.07, 6.45) is -24.3. The van der Waals surface area contributed by atoms with Crippen molar-refractivity contribution in [3.63, 3.8) is 0 Å². The van der Waals surface area contributed by atoms with Crippen LogP contribution in [0.1, 0.15) is 17.0 Å². The van der Waals surface area contributed by atoms with Gasteiger partial charge in [0.25, 0.3) is 0 Å². The molecule has 0 fully saturated rings. The normalized spacial score (nSPS) is 14.1. The molecule has 0 aliphatic rings. The predicted octanol–water partition coefficient (Wildman–Crippen LogP) is 6.88. The van der Waals surface area contributed by atoms with Gasteiger partial charge in [-0.05, 0) is 22.4 Å². The van der Waals surface area contributed by atoms with Crippen molar-refractivity contribution in [2.75, 3.05) is 6.67 Å². The average Bonchev–Trinajstić information content (AvgIpc) is 2.61. The number of rotatable bonds is 4. The van der Waals surface area contributed by atoms with E-state index >= 15 is 0 Å². The van der Waals surface area contributed by atoms with Gasteiger partial charge in [-0.3, -0.25) is 0 Å². The van der Waals surface area contributed by atoms with Crippen LogP contribution in [0.5, 0.6) is 0 Å². The van der Waals surface area contributed by atoms with Gasteiger partial charge in [0.05, 0.1) is 0 Å². The van der Waals surface area contributed by atoms with Crippen LogP contribution in [0.3, 0.4) is 0 Å². The first-order valence-corrected chi connectivity index (χ1v) is 8.34. The minimum Gasteiger partial charge on any atom is -0.432 e. The molecule has 0 saturated carbocycles. The number of carbonyl (C=O) groups is 1. The molecule has 0 radical (unpaired) electrons. The van der Waals surface area contributed by atoms with E-state index in [9.17, 15) is 61.9 Å². The predicted molar refractivity (Wildman–Crippen MR) is 84.7 cm³/mol. The summed E-state index contributed by atoms with van der Waals surface area (Å²) in [5.74, 6) is -6.48. The van der Waals surface area contributed by atoms with Crippen molar-refractivity contribution in [3.05, 3.63) is 47.5 Å². The van der Waals surface area contributed by atoms with Crippen molar-refractivity contribution < 1.29 is 66.6 Å². The van der Waals surface area contributed by atoms with Crippen LogP contribution in [0.15, 0.2) is 36.4 Å². The first kappa shape index (κ1) is 26.5. The number of halogens is 13. The van der Waals surface area contributed by atoms with Gasteiger partial charge in [-0.2, -0.15) is 52.7 Å². The summed E-state index contributed by atoms with van der Waals surface area (Å²) in [7, 11) is 0. The van der Waals surface area contributed by atoms with Gasteiger partial charge < -0.3 is 4.74 Å². The second kappa shape index (κ2) is 8.24. The Morgan fingerprint density at radius 2 is 1.18 bits per heavy atom. The van der Waals surface area contributed by atoms with E-state index in [0.29, 0.717) is 18.2 Å². The Hall–Kier alpha value is -2.74. The molecule has 15 heteroatoms. The zero-order chi connectivity index (χ0) is 25.6. The highest BCUT2D eigenvalue weighted by molar-refractivity contribution is 5.84. The van der Waals surface area contributed by atoms with Gasteiger partial charge in [-0.15, -0.1) is 0 Å². The standard InChI is InChI=1S/C18H9F13O2/c19-7-12(32)33-14(17(26,27)28,18(29,30)31)11-4-3-8-5-10(2-1-9(8)6-11)13(15(20,21)22)16(23,24)25/h1-6,13H,7H2. The van der Waals surface area contributed by atoms with E-state index in [-0.39, 0.29) is 18.2 Å². The molecule has 0 unspecified atom stereocenters. The first-order valence-electron chi connectivity index (χ1n) is 8.34. The molecule has 33 heavy (non-hydrogen) atoms. The number of hydrogen-bond acceptors (Lipinski definition) is 2. The molecule has 0 N–H and O–H groups in total. The lowest BCUT2D eigenvalue weighted by molar-refractivity contribution is -0.377. The van der Waals surface area contributed by atoms with Crippen LogP contribution in [-0.2, 0) is 15.1 Å². The zero-order valence-electron chi connectivity index (χ0n) is 15.5. The Bertz CT molecular complexity index is 987. The van der Waals surface area contributed by atoms with E-state index in [1.54, 1.807) is 0 Å². The Kier molecular flexibility index (Phi) is 6.62. The fraction of sp³-hybridized carbons (Fsp3) is 0.389. The maximum absolute atomic E-state index is 13.5. The summed E-state index contributed by atoms with van der Waals surface area (Å²) >= 11 is 0. The second-order valence-electron chi connectivity index (χ2n) is 6.62. The highest BCUT2D eigenvalue weighted by atomic mass is 19.4. The third-order valence-electron chi connectivity index (χ3n) is 4.43. The van der Waals surface area contributed by atoms with Gasteiger partial charge >= 0.3 is 36.3 Å². The lowest BCUT2D eigenvalue weighted by Crippen LogP contribution is -2.57. The lowest BCUT2D eigenvalue weighted by atomic mass is 9.88. The Labute approximate surface area is 174 Å². The van der Waals surface area contributed by atoms with Crippen molar-refractivity contribution in [1.82, 2.24) is 0 Å². The molecular formula is C18H9F13O2. The van der Waals surface area contributed by atoms with E-state index < -0.39 is 70.8 Å². The van der Waals surface area contributed by atoms with Crippen LogP contribution in [0.25, 0.3) is 10.8 Å². The van der Waals surface area contributed by atoms with Crippen LogP contribution in [-0.4, -0.2) is 37.3 Å². The third kappa shape index (κ3) is 4.95. The Morgan fingerprint density at radius 3 is 1.61 bits per heavy atom. The fourth-order valence-corrected chi connectivity index (χ4v) is 3.09. The molecule has 2 nitrogen and oxygen atoms in total. The van der Waals surface area contributed by atoms with Crippen LogP contribution < -0.4 is 0 Å². The maximum Gasteiger partial charge on any atom is 0.442 e. The molecule has 184 valence electrons. The largest absolute Gasteiger partial charge is 0.442 e. The Morgan fingerprint density at radius 1 is 0.727 bits per heavy atom. The number of ether oxygens (including phenoxy) is 1. The number of fused-ring (bicyclic) bond motifs is 1. The van der Waals surface area contributed by atoms with E-state index in [0.717, 1.165) is 0 Å². The molecule has 0 saturated heterocycles. The average molecular weight is 504 g/mol. The number of alkyl halides is 13. The number of benzene rings is 2. The summed E-state index contributed by atoms with van der Waals surface area (Å²) in [6, 6.07) is 1.51. The topological polar surface area (TPSA) is 26.3 Å². The third-order valence-corrected chi connectivity index (χ3v) is 4.43. The molecular weight excluding hydrogens is 495 g/mol. The summed E-state index contributed by atoms with van der Waals surface area (Å²) in [5, 5.41) is -1.22. The second-order valence-corrected chi connectivity index (χ2v) is 6.62. The van der Waals surface area contributed by atoms with E-state index in [4.69, 9.17) is 0 Å². The van der Waals surface area contributed by atoms with Crippen LogP contribution in [0.4, 0.5) is 57.1 Å². The van der Waals surface area contributed by atoms with Gasteiger partial charge in [-0.25, -0.2) is 9.18 Å². The van der Waals surface area contributed by atoms with Gasteiger partial charge in [0.1, 0.15) is 0 Å². The highest BCUT2D eigenvalue weighted by Gasteiger charge is 2.75. The molecule has 2 aromatic carbocycles. The van der Waals surface area contributed by atoms with Gasteiger partial charge in [0.15, 0.2) is 12.6 Å². The summed E-state index contributed by atoms with van der Waals surface area (Å²) < 4.78 is 174. The van der Waals surface area contributed by atoms with E-state index in [1.807, 2.05) is 0 Å². The molecule has 0 aliphatic heterocycles. The molecule has 0 heterocycles. The molecule has 0 amide bonds. The van der Waals surface area contributed by atoms with Crippen molar-refractivity contribution in [3.8, 4) is 0 Å².